The number of nitrogens with zero attached hydrogens (tertiary/aromatic N) is 5. The minimum atomic E-state index is -1.25. The number of carbonyl (C=O) groups excluding carboxylic acids is 1. The maximum atomic E-state index is 13.9. The van der Waals surface area contributed by atoms with Crippen molar-refractivity contribution in [2.75, 3.05) is 16.8 Å². The van der Waals surface area contributed by atoms with Gasteiger partial charge >= 0.3 is 6.09 Å². The van der Waals surface area contributed by atoms with Gasteiger partial charge in [-0.15, -0.1) is 0 Å². The third-order valence-electron chi connectivity index (χ3n) is 4.84. The number of rotatable bonds is 6. The zero-order valence-corrected chi connectivity index (χ0v) is 17.1. The van der Waals surface area contributed by atoms with Crippen LogP contribution in [-0.2, 0) is 4.74 Å². The first-order chi connectivity index (χ1) is 14.4. The molecule has 2 aromatic heterocycles. The molecule has 0 radical (unpaired) electrons. The third kappa shape index (κ3) is 4.06. The predicted molar refractivity (Wildman–Crippen MR) is 111 cm³/mol. The quantitative estimate of drug-likeness (QED) is 0.631. The zero-order valence-electron chi connectivity index (χ0n) is 16.4. The first-order valence-corrected chi connectivity index (χ1v) is 9.79. The van der Waals surface area contributed by atoms with Crippen LogP contribution in [0.3, 0.4) is 0 Å². The normalized spacial score (nSPS) is 18.2. The van der Waals surface area contributed by atoms with Gasteiger partial charge in [-0.05, 0) is 44.2 Å². The second kappa shape index (κ2) is 8.27. The van der Waals surface area contributed by atoms with Crippen LogP contribution in [0.15, 0.2) is 49.1 Å². The van der Waals surface area contributed by atoms with Crippen LogP contribution in [0, 0.1) is 0 Å². The standard InChI is InChI=1S/C20H20ClFN6O2/c1-12(22)17-10-30-20(29)28(17)18-7-8-23-19(26-18)25-13(2)16-9-27(11-24-16)15-5-3-14(21)4-6-15/h3-9,11-13,17H,10H2,1-2H3,(H,23,25,26)/t12-,13-,17+/m0/s1. The fraction of sp³-hybridized carbons (Fsp3) is 0.300. The Hall–Kier alpha value is -3.20. The van der Waals surface area contributed by atoms with Gasteiger partial charge in [0.1, 0.15) is 24.6 Å². The highest BCUT2D eigenvalue weighted by Gasteiger charge is 2.39. The number of halogens is 2. The molecular formula is C20H20ClFN6O2. The number of amides is 1. The molecule has 0 bridgehead atoms. The molecule has 1 fully saturated rings. The van der Waals surface area contributed by atoms with Crippen molar-refractivity contribution in [2.45, 2.75) is 32.1 Å². The lowest BCUT2D eigenvalue weighted by molar-refractivity contribution is 0.174. The number of benzene rings is 1. The van der Waals surface area contributed by atoms with E-state index in [1.807, 2.05) is 42.0 Å². The van der Waals surface area contributed by atoms with Gasteiger partial charge in [-0.25, -0.2) is 19.2 Å². The van der Waals surface area contributed by atoms with E-state index in [0.29, 0.717) is 11.0 Å². The Morgan fingerprint density at radius 1 is 1.23 bits per heavy atom. The van der Waals surface area contributed by atoms with E-state index in [-0.39, 0.29) is 18.5 Å². The Morgan fingerprint density at radius 2 is 2.00 bits per heavy atom. The number of carbonyl (C=O) groups is 1. The van der Waals surface area contributed by atoms with E-state index in [9.17, 15) is 9.18 Å². The van der Waals surface area contributed by atoms with Gasteiger partial charge in [-0.3, -0.25) is 4.90 Å². The van der Waals surface area contributed by atoms with Crippen molar-refractivity contribution in [1.82, 2.24) is 19.5 Å². The van der Waals surface area contributed by atoms with Crippen LogP contribution in [0.4, 0.5) is 21.0 Å². The summed E-state index contributed by atoms with van der Waals surface area (Å²) in [6.45, 7) is 3.29. The molecule has 1 aromatic carbocycles. The van der Waals surface area contributed by atoms with Crippen molar-refractivity contribution >= 4 is 29.5 Å². The lowest BCUT2D eigenvalue weighted by Gasteiger charge is -2.21. The van der Waals surface area contributed by atoms with Crippen molar-refractivity contribution < 1.29 is 13.9 Å². The summed E-state index contributed by atoms with van der Waals surface area (Å²) < 4.78 is 20.7. The summed E-state index contributed by atoms with van der Waals surface area (Å²) >= 11 is 5.94. The number of ether oxygens (including phenoxy) is 1. The van der Waals surface area contributed by atoms with Crippen molar-refractivity contribution in [2.24, 2.45) is 0 Å². The summed E-state index contributed by atoms with van der Waals surface area (Å²) in [5.41, 5.74) is 1.71. The molecule has 156 valence electrons. The van der Waals surface area contributed by atoms with E-state index >= 15 is 0 Å². The van der Waals surface area contributed by atoms with Crippen LogP contribution < -0.4 is 10.2 Å². The average Bonchev–Trinajstić information content (AvgIpc) is 3.36. The summed E-state index contributed by atoms with van der Waals surface area (Å²) in [4.78, 5) is 26.3. The smallest absolute Gasteiger partial charge is 0.416 e. The lowest BCUT2D eigenvalue weighted by Crippen LogP contribution is -2.39. The molecule has 8 nitrogen and oxygen atoms in total. The van der Waals surface area contributed by atoms with Gasteiger partial charge in [0, 0.05) is 23.1 Å². The number of hydrogen-bond donors (Lipinski definition) is 1. The Bertz CT molecular complexity index is 1040. The predicted octanol–water partition coefficient (Wildman–Crippen LogP) is 4.17. The van der Waals surface area contributed by atoms with Crippen molar-refractivity contribution in [1.29, 1.82) is 0 Å². The fourth-order valence-electron chi connectivity index (χ4n) is 3.17. The monoisotopic (exact) mass is 430 g/mol. The van der Waals surface area contributed by atoms with Crippen molar-refractivity contribution in [3.63, 3.8) is 0 Å². The number of hydrogen-bond acceptors (Lipinski definition) is 6. The molecule has 10 heteroatoms. The minimum absolute atomic E-state index is 0.0121. The van der Waals surface area contributed by atoms with Crippen LogP contribution in [-0.4, -0.2) is 44.4 Å². The van der Waals surface area contributed by atoms with Crippen LogP contribution >= 0.6 is 11.6 Å². The molecule has 4 rings (SSSR count). The second-order valence-corrected chi connectivity index (χ2v) is 7.41. The number of cyclic esters (lactones) is 1. The Kier molecular flexibility index (Phi) is 5.54. The van der Waals surface area contributed by atoms with Crippen LogP contribution in [0.25, 0.3) is 5.69 Å². The van der Waals surface area contributed by atoms with E-state index < -0.39 is 18.3 Å². The molecule has 0 spiro atoms. The van der Waals surface area contributed by atoms with Gasteiger partial charge in [0.25, 0.3) is 0 Å². The maximum Gasteiger partial charge on any atom is 0.416 e. The maximum absolute atomic E-state index is 13.9. The number of anilines is 2. The van der Waals surface area contributed by atoms with Gasteiger partial charge in [0.05, 0.1) is 18.1 Å². The number of alkyl halides is 1. The summed E-state index contributed by atoms with van der Waals surface area (Å²) in [6, 6.07) is 8.04. The van der Waals surface area contributed by atoms with Crippen LogP contribution in [0.1, 0.15) is 25.6 Å². The molecule has 0 saturated carbocycles. The molecule has 0 aliphatic carbocycles. The molecule has 1 N–H and O–H groups in total. The summed E-state index contributed by atoms with van der Waals surface area (Å²) in [5.74, 6) is 0.578. The molecule has 0 unspecified atom stereocenters. The fourth-order valence-corrected chi connectivity index (χ4v) is 3.30. The second-order valence-electron chi connectivity index (χ2n) is 6.98. The van der Waals surface area contributed by atoms with Crippen molar-refractivity contribution in [3.8, 4) is 5.69 Å². The molecule has 3 atom stereocenters. The van der Waals surface area contributed by atoms with E-state index in [1.54, 1.807) is 12.4 Å². The highest BCUT2D eigenvalue weighted by atomic mass is 35.5. The molecule has 1 aliphatic rings. The Balaban J connectivity index is 1.50. The van der Waals surface area contributed by atoms with Crippen molar-refractivity contribution in [3.05, 3.63) is 59.8 Å². The first-order valence-electron chi connectivity index (χ1n) is 9.42. The summed E-state index contributed by atoms with van der Waals surface area (Å²) in [6.07, 6.45) is 3.24. The Labute approximate surface area is 177 Å². The summed E-state index contributed by atoms with van der Waals surface area (Å²) in [7, 11) is 0. The topological polar surface area (TPSA) is 85.2 Å². The average molecular weight is 431 g/mol. The molecule has 1 saturated heterocycles. The van der Waals surface area contributed by atoms with Crippen LogP contribution in [0.2, 0.25) is 5.02 Å². The Morgan fingerprint density at radius 3 is 2.73 bits per heavy atom. The van der Waals surface area contributed by atoms with E-state index in [2.05, 4.69) is 20.3 Å². The van der Waals surface area contributed by atoms with Gasteiger partial charge in [-0.1, -0.05) is 11.6 Å². The summed E-state index contributed by atoms with van der Waals surface area (Å²) in [5, 5.41) is 3.83. The highest BCUT2D eigenvalue weighted by molar-refractivity contribution is 6.30. The van der Waals surface area contributed by atoms with E-state index in [1.165, 1.54) is 18.0 Å². The first kappa shape index (κ1) is 20.1. The molecule has 1 amide bonds. The van der Waals surface area contributed by atoms with Gasteiger partial charge < -0.3 is 14.6 Å². The van der Waals surface area contributed by atoms with E-state index in [0.717, 1.165) is 11.4 Å². The minimum Gasteiger partial charge on any atom is -0.447 e. The number of aromatic nitrogens is 4. The van der Waals surface area contributed by atoms with Gasteiger partial charge in [0.2, 0.25) is 5.95 Å². The number of imidazole rings is 1. The highest BCUT2D eigenvalue weighted by Crippen LogP contribution is 2.25. The number of nitrogens with one attached hydrogen (secondary N) is 1. The molecular weight excluding hydrogens is 411 g/mol. The van der Waals surface area contributed by atoms with Gasteiger partial charge in [0.15, 0.2) is 0 Å². The van der Waals surface area contributed by atoms with Gasteiger partial charge in [-0.2, -0.15) is 4.98 Å². The molecule has 30 heavy (non-hydrogen) atoms. The molecule has 3 aromatic rings. The largest absolute Gasteiger partial charge is 0.447 e. The molecule has 1 aliphatic heterocycles. The van der Waals surface area contributed by atoms with E-state index in [4.69, 9.17) is 16.3 Å². The lowest BCUT2D eigenvalue weighted by atomic mass is 10.2. The SMILES string of the molecule is C[C@H](Nc1nccc(N2C(=O)OC[C@@H]2[C@H](C)F)n1)c1cn(-c2ccc(Cl)cc2)cn1. The zero-order chi connectivity index (χ0) is 21.3. The third-order valence-corrected chi connectivity index (χ3v) is 5.09. The molecule has 3 heterocycles. The van der Waals surface area contributed by atoms with Crippen LogP contribution in [0.5, 0.6) is 0 Å².